The van der Waals surface area contributed by atoms with Gasteiger partial charge in [-0.15, -0.1) is 10.2 Å². The summed E-state index contributed by atoms with van der Waals surface area (Å²) >= 11 is 0. The Kier molecular flexibility index (Phi) is 5.23. The Balaban J connectivity index is 1.38. The molecule has 0 aliphatic carbocycles. The fourth-order valence-electron chi connectivity index (χ4n) is 3.84. The molecular weight excluding hydrogens is 356 g/mol. The fourth-order valence-corrected chi connectivity index (χ4v) is 3.84. The molecule has 1 amide bonds. The number of imidazole rings is 1. The summed E-state index contributed by atoms with van der Waals surface area (Å²) in [6, 6.07) is 0. The lowest BCUT2D eigenvalue weighted by molar-refractivity contribution is -0.132. The van der Waals surface area contributed by atoms with Crippen LogP contribution in [0.1, 0.15) is 42.4 Å². The first-order chi connectivity index (χ1) is 13.6. The van der Waals surface area contributed by atoms with Gasteiger partial charge in [-0.1, -0.05) is 0 Å². The van der Waals surface area contributed by atoms with Crippen molar-refractivity contribution in [3.63, 3.8) is 0 Å². The van der Waals surface area contributed by atoms with Crippen LogP contribution in [0.3, 0.4) is 0 Å². The van der Waals surface area contributed by atoms with Gasteiger partial charge in [-0.3, -0.25) is 9.48 Å². The Bertz CT molecular complexity index is 926. The summed E-state index contributed by atoms with van der Waals surface area (Å²) in [5.41, 5.74) is 1.10. The van der Waals surface area contributed by atoms with Crippen LogP contribution in [-0.2, 0) is 31.9 Å². The van der Waals surface area contributed by atoms with Crippen LogP contribution in [0, 0.1) is 0 Å². The molecule has 0 spiro atoms. The summed E-state index contributed by atoms with van der Waals surface area (Å²) in [5.74, 6) is 2.28. The van der Waals surface area contributed by atoms with E-state index in [0.29, 0.717) is 19.5 Å². The van der Waals surface area contributed by atoms with Gasteiger partial charge in [0, 0.05) is 58.1 Å². The van der Waals surface area contributed by atoms with E-state index in [-0.39, 0.29) is 11.8 Å². The summed E-state index contributed by atoms with van der Waals surface area (Å²) in [6.45, 7) is 2.18. The number of piperidine rings is 1. The molecule has 0 N–H and O–H groups in total. The molecule has 3 aromatic heterocycles. The number of aryl methyl sites for hydroxylation is 2. The van der Waals surface area contributed by atoms with E-state index < -0.39 is 0 Å². The first-order valence-corrected chi connectivity index (χ1v) is 9.69. The van der Waals surface area contributed by atoms with Gasteiger partial charge in [0.25, 0.3) is 0 Å². The second-order valence-corrected chi connectivity index (χ2v) is 7.47. The van der Waals surface area contributed by atoms with E-state index in [9.17, 15) is 4.79 Å². The van der Waals surface area contributed by atoms with Crippen LogP contribution in [0.5, 0.6) is 0 Å². The second kappa shape index (κ2) is 7.95. The average Bonchev–Trinajstić information content (AvgIpc) is 3.44. The van der Waals surface area contributed by atoms with Crippen LogP contribution >= 0.6 is 0 Å². The molecule has 3 aromatic rings. The number of carbonyl (C=O) groups is 1. The predicted molar refractivity (Wildman–Crippen MR) is 102 cm³/mol. The molecule has 4 heterocycles. The second-order valence-electron chi connectivity index (χ2n) is 7.47. The summed E-state index contributed by atoms with van der Waals surface area (Å²) < 4.78 is 5.81. The maximum atomic E-state index is 12.7. The monoisotopic (exact) mass is 382 g/mol. The third-order valence-electron chi connectivity index (χ3n) is 5.41. The zero-order valence-electron chi connectivity index (χ0n) is 16.4. The highest BCUT2D eigenvalue weighted by Gasteiger charge is 2.28. The van der Waals surface area contributed by atoms with Gasteiger partial charge in [0.15, 0.2) is 5.82 Å². The molecule has 4 rings (SSSR count). The number of nitrogens with zero attached hydrogens (tertiary/aromatic N) is 8. The van der Waals surface area contributed by atoms with Crippen LogP contribution in [0.15, 0.2) is 31.1 Å². The summed E-state index contributed by atoms with van der Waals surface area (Å²) in [4.78, 5) is 18.8. The van der Waals surface area contributed by atoms with E-state index in [0.717, 1.165) is 43.0 Å². The molecule has 0 aromatic carbocycles. The Morgan fingerprint density at radius 1 is 1.29 bits per heavy atom. The first kappa shape index (κ1) is 18.4. The molecule has 1 atom stereocenters. The largest absolute Gasteiger partial charge is 0.342 e. The van der Waals surface area contributed by atoms with Gasteiger partial charge in [-0.05, 0) is 24.8 Å². The number of hydrogen-bond acceptors (Lipinski definition) is 5. The molecule has 0 bridgehead atoms. The van der Waals surface area contributed by atoms with Crippen molar-refractivity contribution in [1.29, 1.82) is 0 Å². The summed E-state index contributed by atoms with van der Waals surface area (Å²) in [6.07, 6.45) is 12.5. The van der Waals surface area contributed by atoms with Gasteiger partial charge in [0.05, 0.1) is 19.1 Å². The minimum Gasteiger partial charge on any atom is -0.342 e. The maximum absolute atomic E-state index is 12.7. The van der Waals surface area contributed by atoms with Gasteiger partial charge < -0.3 is 14.0 Å². The van der Waals surface area contributed by atoms with Gasteiger partial charge >= 0.3 is 0 Å². The zero-order chi connectivity index (χ0) is 19.5. The normalized spacial score (nSPS) is 17.2. The molecule has 1 fully saturated rings. The number of rotatable bonds is 6. The highest BCUT2D eigenvalue weighted by molar-refractivity contribution is 5.76. The minimum absolute atomic E-state index is 0.203. The zero-order valence-corrected chi connectivity index (χ0v) is 16.4. The standard InChI is InChI=1S/C19H26N8O/c1-24-11-15(10-21-24)5-6-18(28)27-8-3-4-16(12-27)19-23-22-17(25(19)2)13-26-9-7-20-14-26/h7,9-11,14,16H,3-6,8,12-13H2,1-2H3/t16-/m1/s1. The van der Waals surface area contributed by atoms with Crippen LogP contribution in [0.2, 0.25) is 0 Å². The molecule has 1 saturated heterocycles. The van der Waals surface area contributed by atoms with E-state index >= 15 is 0 Å². The first-order valence-electron chi connectivity index (χ1n) is 9.69. The highest BCUT2D eigenvalue weighted by atomic mass is 16.2. The van der Waals surface area contributed by atoms with Crippen molar-refractivity contribution in [3.8, 4) is 0 Å². The van der Waals surface area contributed by atoms with Crippen molar-refractivity contribution < 1.29 is 4.79 Å². The number of amides is 1. The summed E-state index contributed by atoms with van der Waals surface area (Å²) in [7, 11) is 3.90. The topological polar surface area (TPSA) is 86.7 Å². The molecule has 28 heavy (non-hydrogen) atoms. The fraction of sp³-hybridized carbons (Fsp3) is 0.526. The maximum Gasteiger partial charge on any atom is 0.222 e. The van der Waals surface area contributed by atoms with Crippen molar-refractivity contribution in [2.45, 2.75) is 38.1 Å². The number of carbonyl (C=O) groups excluding carboxylic acids is 1. The lowest BCUT2D eigenvalue weighted by Crippen LogP contribution is -2.39. The van der Waals surface area contributed by atoms with Gasteiger partial charge in [0.1, 0.15) is 5.82 Å². The van der Waals surface area contributed by atoms with Crippen molar-refractivity contribution in [2.24, 2.45) is 14.1 Å². The molecule has 0 radical (unpaired) electrons. The third kappa shape index (κ3) is 3.97. The van der Waals surface area contributed by atoms with Crippen LogP contribution in [0.4, 0.5) is 0 Å². The molecular formula is C19H26N8O. The van der Waals surface area contributed by atoms with Crippen molar-refractivity contribution in [1.82, 2.24) is 39.0 Å². The highest BCUT2D eigenvalue weighted by Crippen LogP contribution is 2.26. The molecule has 0 unspecified atom stereocenters. The molecule has 1 aliphatic heterocycles. The van der Waals surface area contributed by atoms with Crippen molar-refractivity contribution >= 4 is 5.91 Å². The Labute approximate surface area is 164 Å². The SMILES string of the molecule is Cn1cc(CCC(=O)N2CCC[C@@H](c3nnc(Cn4ccnc4)n3C)C2)cn1. The van der Waals surface area contributed by atoms with E-state index in [2.05, 4.69) is 24.8 Å². The number of hydrogen-bond donors (Lipinski definition) is 0. The van der Waals surface area contributed by atoms with Gasteiger partial charge in [-0.2, -0.15) is 5.10 Å². The van der Waals surface area contributed by atoms with Crippen molar-refractivity contribution in [2.75, 3.05) is 13.1 Å². The molecule has 9 nitrogen and oxygen atoms in total. The average molecular weight is 382 g/mol. The van der Waals surface area contributed by atoms with E-state index in [1.54, 1.807) is 17.2 Å². The Morgan fingerprint density at radius 3 is 2.93 bits per heavy atom. The lowest BCUT2D eigenvalue weighted by atomic mass is 9.96. The van der Waals surface area contributed by atoms with Gasteiger partial charge in [0.2, 0.25) is 5.91 Å². The molecule has 1 aliphatic rings. The lowest BCUT2D eigenvalue weighted by Gasteiger charge is -2.32. The predicted octanol–water partition coefficient (Wildman–Crippen LogP) is 1.13. The van der Waals surface area contributed by atoms with E-state index in [4.69, 9.17) is 0 Å². The Morgan fingerprint density at radius 2 is 2.18 bits per heavy atom. The Hall–Kier alpha value is -2.97. The van der Waals surface area contributed by atoms with Crippen molar-refractivity contribution in [3.05, 3.63) is 48.3 Å². The third-order valence-corrected chi connectivity index (χ3v) is 5.41. The minimum atomic E-state index is 0.203. The molecule has 148 valence electrons. The van der Waals surface area contributed by atoms with E-state index in [1.807, 2.05) is 42.2 Å². The number of likely N-dealkylation sites (tertiary alicyclic amines) is 1. The molecule has 9 heteroatoms. The smallest absolute Gasteiger partial charge is 0.222 e. The number of aromatic nitrogens is 7. The molecule has 0 saturated carbocycles. The van der Waals surface area contributed by atoms with Crippen LogP contribution in [-0.4, -0.2) is 58.0 Å². The van der Waals surface area contributed by atoms with Crippen LogP contribution < -0.4 is 0 Å². The van der Waals surface area contributed by atoms with Crippen LogP contribution in [0.25, 0.3) is 0 Å². The summed E-state index contributed by atoms with van der Waals surface area (Å²) in [5, 5.41) is 13.0. The van der Waals surface area contributed by atoms with Gasteiger partial charge in [-0.25, -0.2) is 4.98 Å². The van der Waals surface area contributed by atoms with E-state index in [1.165, 1.54) is 0 Å². The quantitative estimate of drug-likeness (QED) is 0.638.